The number of carboxylic acid groups (broad SMARTS) is 1. The molecule has 2 N–H and O–H groups in total. The van der Waals surface area contributed by atoms with Crippen LogP contribution < -0.4 is 5.32 Å². The molecule has 0 radical (unpaired) electrons. The first kappa shape index (κ1) is 15.1. The molecule has 1 saturated carbocycles. The molecule has 2 fully saturated rings. The Morgan fingerprint density at radius 3 is 2.55 bits per heavy atom. The number of likely N-dealkylation sites (tertiary alicyclic amines) is 1. The van der Waals surface area contributed by atoms with Crippen molar-refractivity contribution in [2.75, 3.05) is 6.54 Å². The Kier molecular flexibility index (Phi) is 4.89. The van der Waals surface area contributed by atoms with E-state index < -0.39 is 12.0 Å². The minimum Gasteiger partial charge on any atom is -0.480 e. The van der Waals surface area contributed by atoms with E-state index in [0.29, 0.717) is 18.9 Å². The fourth-order valence-corrected chi connectivity index (χ4v) is 3.55. The summed E-state index contributed by atoms with van der Waals surface area (Å²) in [5.41, 5.74) is 0. The standard InChI is InChI=1S/C15H26N2O3/c1-10-6-7-12(11(2)9-10)16-15(20)17-8-4-3-5-13(17)14(18)19/h10-13H,3-9H2,1-2H3,(H,16,20)(H,18,19). The van der Waals surface area contributed by atoms with E-state index in [9.17, 15) is 14.7 Å². The molecule has 5 heteroatoms. The number of aliphatic carboxylic acids is 1. The van der Waals surface area contributed by atoms with Crippen LogP contribution in [0.4, 0.5) is 4.79 Å². The number of urea groups is 1. The van der Waals surface area contributed by atoms with E-state index >= 15 is 0 Å². The van der Waals surface area contributed by atoms with E-state index in [-0.39, 0.29) is 12.1 Å². The summed E-state index contributed by atoms with van der Waals surface area (Å²) in [6.45, 7) is 4.98. The number of hydrogen-bond donors (Lipinski definition) is 2. The molecule has 0 bridgehead atoms. The molecule has 1 saturated heterocycles. The predicted octanol–water partition coefficient (Wildman–Crippen LogP) is 2.46. The number of hydrogen-bond acceptors (Lipinski definition) is 2. The molecule has 1 aliphatic carbocycles. The molecule has 0 aromatic heterocycles. The lowest BCUT2D eigenvalue weighted by Gasteiger charge is -2.37. The Balaban J connectivity index is 1.94. The highest BCUT2D eigenvalue weighted by molar-refractivity contribution is 5.83. The molecule has 0 spiro atoms. The highest BCUT2D eigenvalue weighted by Crippen LogP contribution is 2.29. The van der Waals surface area contributed by atoms with Crippen molar-refractivity contribution < 1.29 is 14.7 Å². The number of nitrogens with zero attached hydrogens (tertiary/aromatic N) is 1. The quantitative estimate of drug-likeness (QED) is 0.817. The monoisotopic (exact) mass is 282 g/mol. The Labute approximate surface area is 120 Å². The second-order valence-electron chi connectivity index (χ2n) is 6.49. The maximum Gasteiger partial charge on any atom is 0.326 e. The van der Waals surface area contributed by atoms with Crippen LogP contribution in [-0.2, 0) is 4.79 Å². The lowest BCUT2D eigenvalue weighted by Crippen LogP contribution is -2.55. The summed E-state index contributed by atoms with van der Waals surface area (Å²) in [5, 5.41) is 12.3. The van der Waals surface area contributed by atoms with Crippen molar-refractivity contribution in [1.29, 1.82) is 0 Å². The van der Waals surface area contributed by atoms with Gasteiger partial charge in [0.1, 0.15) is 6.04 Å². The van der Waals surface area contributed by atoms with Gasteiger partial charge in [0.25, 0.3) is 0 Å². The summed E-state index contributed by atoms with van der Waals surface area (Å²) in [6, 6.07) is -0.653. The molecule has 2 aliphatic rings. The minimum absolute atomic E-state index is 0.190. The number of carbonyl (C=O) groups is 2. The molecule has 20 heavy (non-hydrogen) atoms. The maximum atomic E-state index is 12.4. The summed E-state index contributed by atoms with van der Waals surface area (Å²) in [5.74, 6) is 0.306. The number of carbonyl (C=O) groups excluding carboxylic acids is 1. The summed E-state index contributed by atoms with van der Waals surface area (Å²) < 4.78 is 0. The molecule has 1 heterocycles. The van der Waals surface area contributed by atoms with Crippen molar-refractivity contribution in [3.05, 3.63) is 0 Å². The SMILES string of the molecule is CC1CCC(NC(=O)N2CCCCC2C(=O)O)C(C)C1. The van der Waals surface area contributed by atoms with Crippen LogP contribution in [0.2, 0.25) is 0 Å². The zero-order valence-corrected chi connectivity index (χ0v) is 12.5. The molecule has 1 aliphatic heterocycles. The van der Waals surface area contributed by atoms with Gasteiger partial charge in [0.15, 0.2) is 0 Å². The molecule has 2 rings (SSSR count). The average molecular weight is 282 g/mol. The Morgan fingerprint density at radius 2 is 1.90 bits per heavy atom. The summed E-state index contributed by atoms with van der Waals surface area (Å²) >= 11 is 0. The zero-order valence-electron chi connectivity index (χ0n) is 12.5. The highest BCUT2D eigenvalue weighted by Gasteiger charge is 2.34. The van der Waals surface area contributed by atoms with Crippen LogP contribution in [0.3, 0.4) is 0 Å². The third kappa shape index (κ3) is 3.44. The molecule has 5 nitrogen and oxygen atoms in total. The lowest BCUT2D eigenvalue weighted by atomic mass is 9.80. The molecular weight excluding hydrogens is 256 g/mol. The van der Waals surface area contributed by atoms with E-state index in [1.165, 1.54) is 4.90 Å². The van der Waals surface area contributed by atoms with Crippen molar-refractivity contribution in [2.45, 2.75) is 64.5 Å². The van der Waals surface area contributed by atoms with Gasteiger partial charge in [-0.2, -0.15) is 0 Å². The van der Waals surface area contributed by atoms with Gasteiger partial charge in [0, 0.05) is 12.6 Å². The molecule has 4 atom stereocenters. The van der Waals surface area contributed by atoms with Crippen LogP contribution in [0.15, 0.2) is 0 Å². The van der Waals surface area contributed by atoms with Crippen LogP contribution in [-0.4, -0.2) is 40.6 Å². The third-order valence-electron chi connectivity index (χ3n) is 4.79. The highest BCUT2D eigenvalue weighted by atomic mass is 16.4. The molecule has 0 aromatic rings. The van der Waals surface area contributed by atoms with Crippen molar-refractivity contribution in [2.24, 2.45) is 11.8 Å². The Morgan fingerprint density at radius 1 is 1.15 bits per heavy atom. The van der Waals surface area contributed by atoms with Crippen molar-refractivity contribution >= 4 is 12.0 Å². The average Bonchev–Trinajstić information content (AvgIpc) is 2.41. The van der Waals surface area contributed by atoms with Crippen molar-refractivity contribution in [3.63, 3.8) is 0 Å². The van der Waals surface area contributed by atoms with Crippen LogP contribution in [0.25, 0.3) is 0 Å². The zero-order chi connectivity index (χ0) is 14.7. The van der Waals surface area contributed by atoms with Gasteiger partial charge >= 0.3 is 12.0 Å². The third-order valence-corrected chi connectivity index (χ3v) is 4.79. The van der Waals surface area contributed by atoms with Gasteiger partial charge in [-0.05, 0) is 50.4 Å². The first-order valence-corrected chi connectivity index (χ1v) is 7.79. The van der Waals surface area contributed by atoms with E-state index in [1.54, 1.807) is 0 Å². The number of amides is 2. The second-order valence-corrected chi connectivity index (χ2v) is 6.49. The van der Waals surface area contributed by atoms with Gasteiger partial charge in [-0.3, -0.25) is 0 Å². The smallest absolute Gasteiger partial charge is 0.326 e. The van der Waals surface area contributed by atoms with E-state index in [0.717, 1.165) is 38.0 Å². The molecule has 2 amide bonds. The topological polar surface area (TPSA) is 69.6 Å². The first-order chi connectivity index (χ1) is 9.49. The summed E-state index contributed by atoms with van der Waals surface area (Å²) in [6.07, 6.45) is 5.62. The number of piperidine rings is 1. The maximum absolute atomic E-state index is 12.4. The van der Waals surface area contributed by atoms with Crippen LogP contribution in [0.1, 0.15) is 52.4 Å². The molecular formula is C15H26N2O3. The van der Waals surface area contributed by atoms with Gasteiger partial charge < -0.3 is 15.3 Å². The fraction of sp³-hybridized carbons (Fsp3) is 0.867. The normalized spacial score (nSPS) is 34.6. The van der Waals surface area contributed by atoms with Crippen LogP contribution in [0, 0.1) is 11.8 Å². The van der Waals surface area contributed by atoms with Gasteiger partial charge in [-0.15, -0.1) is 0 Å². The number of carboxylic acids is 1. The van der Waals surface area contributed by atoms with Crippen LogP contribution >= 0.6 is 0 Å². The second kappa shape index (κ2) is 6.46. The van der Waals surface area contributed by atoms with E-state index in [4.69, 9.17) is 0 Å². The minimum atomic E-state index is -0.884. The first-order valence-electron chi connectivity index (χ1n) is 7.79. The number of nitrogens with one attached hydrogen (secondary N) is 1. The van der Waals surface area contributed by atoms with Gasteiger partial charge in [-0.25, -0.2) is 9.59 Å². The van der Waals surface area contributed by atoms with Gasteiger partial charge in [0.05, 0.1) is 0 Å². The summed E-state index contributed by atoms with van der Waals surface area (Å²) in [7, 11) is 0. The van der Waals surface area contributed by atoms with E-state index in [2.05, 4.69) is 19.2 Å². The van der Waals surface area contributed by atoms with E-state index in [1.807, 2.05) is 0 Å². The Bertz CT molecular complexity index is 372. The molecule has 4 unspecified atom stereocenters. The lowest BCUT2D eigenvalue weighted by molar-refractivity contribution is -0.143. The molecule has 0 aromatic carbocycles. The molecule has 114 valence electrons. The Hall–Kier alpha value is -1.26. The fourth-order valence-electron chi connectivity index (χ4n) is 3.55. The predicted molar refractivity (Wildman–Crippen MR) is 76.5 cm³/mol. The number of rotatable bonds is 2. The van der Waals surface area contributed by atoms with Crippen molar-refractivity contribution in [1.82, 2.24) is 10.2 Å². The van der Waals surface area contributed by atoms with Crippen molar-refractivity contribution in [3.8, 4) is 0 Å². The van der Waals surface area contributed by atoms with Gasteiger partial charge in [-0.1, -0.05) is 13.8 Å². The van der Waals surface area contributed by atoms with Crippen LogP contribution in [0.5, 0.6) is 0 Å². The largest absolute Gasteiger partial charge is 0.480 e. The summed E-state index contributed by atoms with van der Waals surface area (Å²) in [4.78, 5) is 25.1. The van der Waals surface area contributed by atoms with Gasteiger partial charge in [0.2, 0.25) is 0 Å².